The van der Waals surface area contributed by atoms with Crippen molar-refractivity contribution < 1.29 is 9.47 Å². The van der Waals surface area contributed by atoms with E-state index in [1.807, 2.05) is 12.1 Å². The number of aliphatic imine (C=N–C) groups is 1. The molecule has 0 aromatic carbocycles. The first kappa shape index (κ1) is 20.0. The van der Waals surface area contributed by atoms with E-state index < -0.39 is 0 Å². The molecule has 0 amide bonds. The van der Waals surface area contributed by atoms with Gasteiger partial charge < -0.3 is 20.1 Å². The number of halogens is 1. The van der Waals surface area contributed by atoms with Gasteiger partial charge in [-0.1, -0.05) is 0 Å². The lowest BCUT2D eigenvalue weighted by molar-refractivity contribution is 0.123. The Morgan fingerprint density at radius 1 is 1.30 bits per heavy atom. The van der Waals surface area contributed by atoms with E-state index in [0.717, 1.165) is 43.8 Å². The molecular weight excluding hydrogens is 407 g/mol. The van der Waals surface area contributed by atoms with E-state index in [-0.39, 0.29) is 24.0 Å². The molecule has 0 atom stereocenters. The number of rotatable bonds is 10. The highest BCUT2D eigenvalue weighted by Gasteiger charge is 2.20. The maximum atomic E-state index is 5.59. The van der Waals surface area contributed by atoms with E-state index in [0.29, 0.717) is 13.2 Å². The van der Waals surface area contributed by atoms with E-state index in [1.54, 1.807) is 19.4 Å². The number of aromatic nitrogens is 1. The molecule has 1 saturated carbocycles. The molecule has 2 rings (SSSR count). The highest BCUT2D eigenvalue weighted by molar-refractivity contribution is 14.0. The molecule has 0 unspecified atom stereocenters. The van der Waals surface area contributed by atoms with Gasteiger partial charge in [-0.05, 0) is 37.3 Å². The summed E-state index contributed by atoms with van der Waals surface area (Å²) >= 11 is 0. The SMILES string of the molecule is CN=C(NCCCOCC1CC1)NCCOc1cccnc1.I. The summed E-state index contributed by atoms with van der Waals surface area (Å²) in [6.45, 7) is 3.85. The molecule has 130 valence electrons. The van der Waals surface area contributed by atoms with Crippen LogP contribution in [0.2, 0.25) is 0 Å². The normalized spacial score (nSPS) is 14.0. The van der Waals surface area contributed by atoms with Gasteiger partial charge in [0.25, 0.3) is 0 Å². The molecule has 1 aliphatic rings. The van der Waals surface area contributed by atoms with Crippen LogP contribution in [0.5, 0.6) is 5.75 Å². The third-order valence-corrected chi connectivity index (χ3v) is 3.33. The van der Waals surface area contributed by atoms with E-state index >= 15 is 0 Å². The number of nitrogens with zero attached hydrogens (tertiary/aromatic N) is 2. The van der Waals surface area contributed by atoms with Crippen molar-refractivity contribution in [2.45, 2.75) is 19.3 Å². The van der Waals surface area contributed by atoms with Gasteiger partial charge >= 0.3 is 0 Å². The Kier molecular flexibility index (Phi) is 10.7. The summed E-state index contributed by atoms with van der Waals surface area (Å²) in [5.74, 6) is 2.40. The van der Waals surface area contributed by atoms with Crippen LogP contribution in [0, 0.1) is 5.92 Å². The van der Waals surface area contributed by atoms with Crippen molar-refractivity contribution in [3.8, 4) is 5.75 Å². The summed E-state index contributed by atoms with van der Waals surface area (Å²) in [6, 6.07) is 3.75. The lowest BCUT2D eigenvalue weighted by Crippen LogP contribution is -2.39. The molecule has 0 bridgehead atoms. The Hall–Kier alpha value is -1.09. The first-order valence-electron chi connectivity index (χ1n) is 7.93. The van der Waals surface area contributed by atoms with Crippen molar-refractivity contribution in [3.63, 3.8) is 0 Å². The third kappa shape index (κ3) is 9.60. The molecule has 2 N–H and O–H groups in total. The monoisotopic (exact) mass is 434 g/mol. The van der Waals surface area contributed by atoms with Gasteiger partial charge in [-0.15, -0.1) is 24.0 Å². The summed E-state index contributed by atoms with van der Waals surface area (Å²) in [5.41, 5.74) is 0. The highest BCUT2D eigenvalue weighted by Crippen LogP contribution is 2.28. The van der Waals surface area contributed by atoms with Crippen LogP contribution >= 0.6 is 24.0 Å². The molecule has 23 heavy (non-hydrogen) atoms. The van der Waals surface area contributed by atoms with Gasteiger partial charge in [-0.25, -0.2) is 0 Å². The molecule has 0 spiro atoms. The molecule has 0 aliphatic heterocycles. The topological polar surface area (TPSA) is 67.8 Å². The Bertz CT molecular complexity index is 441. The lowest BCUT2D eigenvalue weighted by atomic mass is 10.4. The second-order valence-electron chi connectivity index (χ2n) is 5.33. The van der Waals surface area contributed by atoms with Gasteiger partial charge in [0.1, 0.15) is 12.4 Å². The molecule has 1 aromatic heterocycles. The van der Waals surface area contributed by atoms with Gasteiger partial charge in [0.05, 0.1) is 12.7 Å². The van der Waals surface area contributed by atoms with Crippen LogP contribution < -0.4 is 15.4 Å². The number of hydrogen-bond donors (Lipinski definition) is 2. The average Bonchev–Trinajstić information content (AvgIpc) is 3.38. The molecule has 6 nitrogen and oxygen atoms in total. The minimum atomic E-state index is 0. The summed E-state index contributed by atoms with van der Waals surface area (Å²) < 4.78 is 11.2. The Labute approximate surface area is 155 Å². The number of nitrogens with one attached hydrogen (secondary N) is 2. The van der Waals surface area contributed by atoms with Crippen LogP contribution in [-0.4, -0.2) is 50.9 Å². The summed E-state index contributed by atoms with van der Waals surface area (Å²) in [4.78, 5) is 8.18. The summed E-state index contributed by atoms with van der Waals surface area (Å²) in [5, 5.41) is 6.47. The molecular formula is C16H27IN4O2. The largest absolute Gasteiger partial charge is 0.490 e. The fourth-order valence-electron chi connectivity index (χ4n) is 1.91. The number of hydrogen-bond acceptors (Lipinski definition) is 4. The molecule has 0 saturated heterocycles. The zero-order chi connectivity index (χ0) is 15.5. The standard InChI is InChI=1S/C16H26N4O2.HI/c1-17-16(19-8-3-10-21-13-14-5-6-14)20-9-11-22-15-4-2-7-18-12-15;/h2,4,7,12,14H,3,5-6,8-11,13H2,1H3,(H2,17,19,20);1H. The van der Waals surface area contributed by atoms with Crippen molar-refractivity contribution in [2.75, 3.05) is 40.0 Å². The van der Waals surface area contributed by atoms with Crippen molar-refractivity contribution in [1.82, 2.24) is 15.6 Å². The van der Waals surface area contributed by atoms with Gasteiger partial charge in [0.2, 0.25) is 0 Å². The van der Waals surface area contributed by atoms with E-state index in [4.69, 9.17) is 9.47 Å². The van der Waals surface area contributed by atoms with Gasteiger partial charge in [0.15, 0.2) is 5.96 Å². The zero-order valence-electron chi connectivity index (χ0n) is 13.7. The van der Waals surface area contributed by atoms with Gasteiger partial charge in [0, 0.05) is 33.0 Å². The fraction of sp³-hybridized carbons (Fsp3) is 0.625. The predicted molar refractivity (Wildman–Crippen MR) is 103 cm³/mol. The van der Waals surface area contributed by atoms with Gasteiger partial charge in [-0.2, -0.15) is 0 Å². The Balaban J connectivity index is 0.00000264. The first-order valence-corrected chi connectivity index (χ1v) is 7.93. The van der Waals surface area contributed by atoms with Gasteiger partial charge in [-0.3, -0.25) is 9.98 Å². The number of pyridine rings is 1. The molecule has 1 fully saturated rings. The van der Waals surface area contributed by atoms with Crippen molar-refractivity contribution >= 4 is 29.9 Å². The zero-order valence-corrected chi connectivity index (χ0v) is 16.0. The minimum absolute atomic E-state index is 0. The molecule has 1 aliphatic carbocycles. The summed E-state index contributed by atoms with van der Waals surface area (Å²) in [7, 11) is 1.76. The smallest absolute Gasteiger partial charge is 0.191 e. The maximum Gasteiger partial charge on any atom is 0.191 e. The van der Waals surface area contributed by atoms with Crippen LogP contribution in [0.25, 0.3) is 0 Å². The second-order valence-corrected chi connectivity index (χ2v) is 5.33. The van der Waals surface area contributed by atoms with Crippen molar-refractivity contribution in [1.29, 1.82) is 0 Å². The predicted octanol–water partition coefficient (Wildman–Crippen LogP) is 2.06. The Morgan fingerprint density at radius 3 is 2.83 bits per heavy atom. The maximum absolute atomic E-state index is 5.59. The highest BCUT2D eigenvalue weighted by atomic mass is 127. The van der Waals surface area contributed by atoms with Crippen LogP contribution in [0.1, 0.15) is 19.3 Å². The van der Waals surface area contributed by atoms with Crippen molar-refractivity contribution in [2.24, 2.45) is 10.9 Å². The second kappa shape index (κ2) is 12.3. The average molecular weight is 434 g/mol. The third-order valence-electron chi connectivity index (χ3n) is 3.33. The molecule has 1 heterocycles. The van der Waals surface area contributed by atoms with Crippen LogP contribution in [0.4, 0.5) is 0 Å². The Morgan fingerprint density at radius 2 is 2.13 bits per heavy atom. The molecule has 7 heteroatoms. The molecule has 0 radical (unpaired) electrons. The van der Waals surface area contributed by atoms with E-state index in [9.17, 15) is 0 Å². The van der Waals surface area contributed by atoms with Crippen molar-refractivity contribution in [3.05, 3.63) is 24.5 Å². The molecule has 1 aromatic rings. The fourth-order valence-corrected chi connectivity index (χ4v) is 1.91. The number of guanidine groups is 1. The summed E-state index contributed by atoms with van der Waals surface area (Å²) in [6.07, 6.45) is 7.10. The minimum Gasteiger partial charge on any atom is -0.490 e. The van der Waals surface area contributed by atoms with E-state index in [2.05, 4.69) is 20.6 Å². The number of ether oxygens (including phenoxy) is 2. The van der Waals surface area contributed by atoms with E-state index in [1.165, 1.54) is 12.8 Å². The quantitative estimate of drug-likeness (QED) is 0.256. The van der Waals surface area contributed by atoms with Crippen LogP contribution in [-0.2, 0) is 4.74 Å². The van der Waals surface area contributed by atoms with Crippen LogP contribution in [0.15, 0.2) is 29.5 Å². The lowest BCUT2D eigenvalue weighted by Gasteiger charge is -2.12. The first-order chi connectivity index (χ1) is 10.9. The van der Waals surface area contributed by atoms with Crippen LogP contribution in [0.3, 0.4) is 0 Å².